The lowest BCUT2D eigenvalue weighted by Gasteiger charge is -2.06. The molecule has 0 aliphatic rings. The number of nitro groups is 1. The van der Waals surface area contributed by atoms with Crippen LogP contribution in [-0.2, 0) is 0 Å². The van der Waals surface area contributed by atoms with Crippen molar-refractivity contribution in [1.82, 2.24) is 9.55 Å². The summed E-state index contributed by atoms with van der Waals surface area (Å²) in [5, 5.41) is 10.7. The standard InChI is InChI=1S/C12H11N3O3/c1-8-9(2)14(7-13-8)11-3-4-12(15(17)18)10(5-11)6-16/h3-7H,1-2H3. The zero-order chi connectivity index (χ0) is 13.3. The summed E-state index contributed by atoms with van der Waals surface area (Å²) in [6, 6.07) is 4.41. The molecule has 1 aromatic heterocycles. The number of carbonyl (C=O) groups excluding carboxylic acids is 1. The Morgan fingerprint density at radius 2 is 2.11 bits per heavy atom. The van der Waals surface area contributed by atoms with Gasteiger partial charge in [-0.3, -0.25) is 14.9 Å². The van der Waals surface area contributed by atoms with Gasteiger partial charge >= 0.3 is 0 Å². The number of nitro benzene ring substituents is 1. The number of hydrogen-bond acceptors (Lipinski definition) is 4. The fourth-order valence-corrected chi connectivity index (χ4v) is 1.71. The molecule has 2 aromatic rings. The van der Waals surface area contributed by atoms with Gasteiger partial charge < -0.3 is 4.57 Å². The quantitative estimate of drug-likeness (QED) is 0.472. The second kappa shape index (κ2) is 4.40. The number of aryl methyl sites for hydroxylation is 1. The fourth-order valence-electron chi connectivity index (χ4n) is 1.71. The van der Waals surface area contributed by atoms with Crippen LogP contribution in [0.3, 0.4) is 0 Å². The SMILES string of the molecule is Cc1ncn(-c2ccc([N+](=O)[O-])c(C=O)c2)c1C. The molecule has 0 unspecified atom stereocenters. The van der Waals surface area contributed by atoms with E-state index < -0.39 is 4.92 Å². The van der Waals surface area contributed by atoms with Crippen molar-refractivity contribution in [1.29, 1.82) is 0 Å². The van der Waals surface area contributed by atoms with Gasteiger partial charge in [-0.05, 0) is 26.0 Å². The van der Waals surface area contributed by atoms with E-state index in [1.807, 2.05) is 13.8 Å². The molecule has 18 heavy (non-hydrogen) atoms. The highest BCUT2D eigenvalue weighted by Gasteiger charge is 2.14. The topological polar surface area (TPSA) is 78.0 Å². The van der Waals surface area contributed by atoms with Crippen LogP contribution < -0.4 is 0 Å². The van der Waals surface area contributed by atoms with Crippen molar-refractivity contribution >= 4 is 12.0 Å². The van der Waals surface area contributed by atoms with Gasteiger partial charge in [-0.1, -0.05) is 0 Å². The summed E-state index contributed by atoms with van der Waals surface area (Å²) in [4.78, 5) is 25.2. The minimum atomic E-state index is -0.570. The zero-order valence-corrected chi connectivity index (χ0v) is 9.95. The Hall–Kier alpha value is -2.50. The molecule has 0 atom stereocenters. The summed E-state index contributed by atoms with van der Waals surface area (Å²) < 4.78 is 1.78. The molecule has 0 saturated heterocycles. The van der Waals surface area contributed by atoms with E-state index in [0.29, 0.717) is 12.0 Å². The monoisotopic (exact) mass is 245 g/mol. The van der Waals surface area contributed by atoms with E-state index in [1.165, 1.54) is 12.1 Å². The molecule has 0 N–H and O–H groups in total. The highest BCUT2D eigenvalue weighted by molar-refractivity contribution is 5.82. The predicted molar refractivity (Wildman–Crippen MR) is 65.1 cm³/mol. The molecule has 1 heterocycles. The molecule has 0 radical (unpaired) electrons. The molecule has 0 aliphatic carbocycles. The Balaban J connectivity index is 2.57. The van der Waals surface area contributed by atoms with Crippen LogP contribution in [0.2, 0.25) is 0 Å². The van der Waals surface area contributed by atoms with E-state index >= 15 is 0 Å². The largest absolute Gasteiger partial charge is 0.303 e. The van der Waals surface area contributed by atoms with Crippen molar-refractivity contribution in [2.24, 2.45) is 0 Å². The van der Waals surface area contributed by atoms with Crippen molar-refractivity contribution in [2.75, 3.05) is 0 Å². The third-order valence-electron chi connectivity index (χ3n) is 2.86. The maximum Gasteiger partial charge on any atom is 0.280 e. The van der Waals surface area contributed by atoms with Crippen LogP contribution in [-0.4, -0.2) is 20.8 Å². The Labute approximate surface area is 103 Å². The zero-order valence-electron chi connectivity index (χ0n) is 9.95. The van der Waals surface area contributed by atoms with Crippen molar-refractivity contribution in [3.05, 3.63) is 51.6 Å². The lowest BCUT2D eigenvalue weighted by atomic mass is 10.1. The maximum absolute atomic E-state index is 10.9. The van der Waals surface area contributed by atoms with Crippen molar-refractivity contribution < 1.29 is 9.72 Å². The molecule has 1 aromatic carbocycles. The summed E-state index contributed by atoms with van der Waals surface area (Å²) in [5.74, 6) is 0. The number of rotatable bonds is 3. The molecule has 0 spiro atoms. The van der Waals surface area contributed by atoms with E-state index in [2.05, 4.69) is 4.98 Å². The summed E-state index contributed by atoms with van der Waals surface area (Å²) >= 11 is 0. The first-order valence-corrected chi connectivity index (χ1v) is 5.29. The molecular weight excluding hydrogens is 234 g/mol. The second-order valence-electron chi connectivity index (χ2n) is 3.90. The Kier molecular flexibility index (Phi) is 2.93. The van der Waals surface area contributed by atoms with E-state index in [9.17, 15) is 14.9 Å². The van der Waals surface area contributed by atoms with Crippen LogP contribution in [0.25, 0.3) is 5.69 Å². The minimum Gasteiger partial charge on any atom is -0.303 e. The van der Waals surface area contributed by atoms with Gasteiger partial charge in [0.2, 0.25) is 0 Å². The highest BCUT2D eigenvalue weighted by Crippen LogP contribution is 2.22. The van der Waals surface area contributed by atoms with Gasteiger partial charge in [-0.2, -0.15) is 0 Å². The molecule has 0 aliphatic heterocycles. The molecule has 92 valence electrons. The van der Waals surface area contributed by atoms with Gasteiger partial charge in [0.15, 0.2) is 6.29 Å². The van der Waals surface area contributed by atoms with Gasteiger partial charge in [0.25, 0.3) is 5.69 Å². The first kappa shape index (κ1) is 12.0. The van der Waals surface area contributed by atoms with E-state index in [4.69, 9.17) is 0 Å². The molecule has 6 nitrogen and oxygen atoms in total. The molecule has 0 amide bonds. The lowest BCUT2D eigenvalue weighted by molar-refractivity contribution is -0.385. The summed E-state index contributed by atoms with van der Waals surface area (Å²) in [6.45, 7) is 3.77. The first-order valence-electron chi connectivity index (χ1n) is 5.29. The molecule has 0 bridgehead atoms. The predicted octanol–water partition coefficient (Wildman–Crippen LogP) is 2.21. The number of imidazole rings is 1. The van der Waals surface area contributed by atoms with Crippen LogP contribution in [0.1, 0.15) is 21.7 Å². The minimum absolute atomic E-state index is 0.0586. The average Bonchev–Trinajstić information content (AvgIpc) is 2.69. The van der Waals surface area contributed by atoms with Gasteiger partial charge in [-0.25, -0.2) is 4.98 Å². The van der Waals surface area contributed by atoms with Crippen LogP contribution in [0, 0.1) is 24.0 Å². The number of hydrogen-bond donors (Lipinski definition) is 0. The summed E-state index contributed by atoms with van der Waals surface area (Å²) in [6.07, 6.45) is 2.11. The lowest BCUT2D eigenvalue weighted by Crippen LogP contribution is -1.99. The van der Waals surface area contributed by atoms with Crippen molar-refractivity contribution in [3.8, 4) is 5.69 Å². The number of aldehydes is 1. The van der Waals surface area contributed by atoms with E-state index in [0.717, 1.165) is 11.4 Å². The summed E-state index contributed by atoms with van der Waals surface area (Å²) in [7, 11) is 0. The highest BCUT2D eigenvalue weighted by atomic mass is 16.6. The van der Waals surface area contributed by atoms with E-state index in [-0.39, 0.29) is 11.3 Å². The van der Waals surface area contributed by atoms with Gasteiger partial charge in [0.1, 0.15) is 0 Å². The molecule has 2 rings (SSSR count). The van der Waals surface area contributed by atoms with Crippen LogP contribution in [0.15, 0.2) is 24.5 Å². The fraction of sp³-hybridized carbons (Fsp3) is 0.167. The normalized spacial score (nSPS) is 10.3. The Morgan fingerprint density at radius 3 is 2.61 bits per heavy atom. The first-order chi connectivity index (χ1) is 8.54. The van der Waals surface area contributed by atoms with Crippen LogP contribution >= 0.6 is 0 Å². The molecular formula is C12H11N3O3. The van der Waals surface area contributed by atoms with Crippen LogP contribution in [0.5, 0.6) is 0 Å². The maximum atomic E-state index is 10.9. The average molecular weight is 245 g/mol. The second-order valence-corrected chi connectivity index (χ2v) is 3.90. The van der Waals surface area contributed by atoms with Gasteiger partial charge in [0.05, 0.1) is 22.5 Å². The summed E-state index contributed by atoms with van der Waals surface area (Å²) in [5.41, 5.74) is 2.36. The smallest absolute Gasteiger partial charge is 0.280 e. The molecule has 0 saturated carbocycles. The third-order valence-corrected chi connectivity index (χ3v) is 2.86. The number of benzene rings is 1. The number of aromatic nitrogens is 2. The van der Waals surface area contributed by atoms with Crippen molar-refractivity contribution in [3.63, 3.8) is 0 Å². The Morgan fingerprint density at radius 1 is 1.39 bits per heavy atom. The van der Waals surface area contributed by atoms with Crippen molar-refractivity contribution in [2.45, 2.75) is 13.8 Å². The molecule has 6 heteroatoms. The molecule has 0 fully saturated rings. The number of nitrogens with zero attached hydrogens (tertiary/aromatic N) is 3. The number of carbonyl (C=O) groups is 1. The van der Waals surface area contributed by atoms with Gasteiger partial charge in [-0.15, -0.1) is 0 Å². The van der Waals surface area contributed by atoms with Gasteiger partial charge in [0, 0.05) is 17.4 Å². The Bertz CT molecular complexity index is 631. The van der Waals surface area contributed by atoms with Crippen LogP contribution in [0.4, 0.5) is 5.69 Å². The van der Waals surface area contributed by atoms with E-state index in [1.54, 1.807) is 17.0 Å². The third kappa shape index (κ3) is 1.88.